The number of aromatic nitrogens is 2. The van der Waals surface area contributed by atoms with Gasteiger partial charge in [0.15, 0.2) is 0 Å². The smallest absolute Gasteiger partial charge is 0.271 e. The van der Waals surface area contributed by atoms with Crippen molar-refractivity contribution in [2.24, 2.45) is 5.10 Å². The van der Waals surface area contributed by atoms with Gasteiger partial charge in [0.2, 0.25) is 0 Å². The second kappa shape index (κ2) is 11.7. The summed E-state index contributed by atoms with van der Waals surface area (Å²) in [6.45, 7) is 1.89. The number of nitrogens with one attached hydrogen (secondary N) is 2. The summed E-state index contributed by atoms with van der Waals surface area (Å²) < 4.78 is 30.5. The van der Waals surface area contributed by atoms with Gasteiger partial charge in [0.25, 0.3) is 15.9 Å². The number of sulfonamides is 1. The van der Waals surface area contributed by atoms with Crippen LogP contribution in [0.15, 0.2) is 124 Å². The van der Waals surface area contributed by atoms with Crippen LogP contribution in [-0.4, -0.2) is 30.3 Å². The van der Waals surface area contributed by atoms with Crippen LogP contribution in [0.25, 0.3) is 16.9 Å². The molecule has 1 aromatic heterocycles. The number of carbonyl (C=O) groups is 1. The van der Waals surface area contributed by atoms with Crippen molar-refractivity contribution in [3.05, 3.63) is 130 Å². The number of hydrogen-bond acceptors (Lipinski definition) is 5. The van der Waals surface area contributed by atoms with Crippen molar-refractivity contribution < 1.29 is 13.2 Å². The second-order valence-electron chi connectivity index (χ2n) is 8.92. The number of rotatable bonds is 8. The zero-order chi connectivity index (χ0) is 28.1. The van der Waals surface area contributed by atoms with Gasteiger partial charge in [-0.2, -0.15) is 10.2 Å². The van der Waals surface area contributed by atoms with Gasteiger partial charge in [-0.3, -0.25) is 9.52 Å². The number of nitrogens with zero attached hydrogens (tertiary/aromatic N) is 3. The van der Waals surface area contributed by atoms with E-state index < -0.39 is 15.9 Å². The first-order valence-corrected chi connectivity index (χ1v) is 14.5. The molecule has 1 heterocycles. The molecule has 0 saturated heterocycles. The largest absolute Gasteiger partial charge is 0.280 e. The van der Waals surface area contributed by atoms with E-state index in [1.807, 2.05) is 67.7 Å². The molecule has 10 heteroatoms. The summed E-state index contributed by atoms with van der Waals surface area (Å²) in [5, 5.41) is 8.90. The Labute approximate surface area is 240 Å². The lowest BCUT2D eigenvalue weighted by Gasteiger charge is -2.09. The molecule has 5 aromatic rings. The number of para-hydroxylation sites is 1. The van der Waals surface area contributed by atoms with Crippen molar-refractivity contribution >= 4 is 43.8 Å². The highest BCUT2D eigenvalue weighted by molar-refractivity contribution is 9.10. The molecule has 4 aromatic carbocycles. The van der Waals surface area contributed by atoms with E-state index in [0.717, 1.165) is 21.3 Å². The van der Waals surface area contributed by atoms with Gasteiger partial charge >= 0.3 is 0 Å². The van der Waals surface area contributed by atoms with E-state index in [0.29, 0.717) is 22.5 Å². The Kier molecular flexibility index (Phi) is 7.90. The molecule has 0 bridgehead atoms. The zero-order valence-electron chi connectivity index (χ0n) is 21.3. The van der Waals surface area contributed by atoms with Crippen LogP contribution in [0.5, 0.6) is 0 Å². The van der Waals surface area contributed by atoms with Crippen LogP contribution in [0.1, 0.15) is 21.5 Å². The summed E-state index contributed by atoms with van der Waals surface area (Å²) in [7, 11) is -3.74. The second-order valence-corrected chi connectivity index (χ2v) is 11.5. The number of hydrazone groups is 1. The van der Waals surface area contributed by atoms with Gasteiger partial charge in [-0.15, -0.1) is 0 Å². The third-order valence-electron chi connectivity index (χ3n) is 5.98. The van der Waals surface area contributed by atoms with Gasteiger partial charge in [0, 0.05) is 33.0 Å². The maximum absolute atomic E-state index is 12.7. The fourth-order valence-corrected chi connectivity index (χ4v) is 5.20. The van der Waals surface area contributed by atoms with E-state index in [4.69, 9.17) is 5.10 Å². The molecule has 5 rings (SSSR count). The molecule has 0 unspecified atom stereocenters. The number of hydrogen-bond donors (Lipinski definition) is 2. The Morgan fingerprint density at radius 1 is 0.900 bits per heavy atom. The summed E-state index contributed by atoms with van der Waals surface area (Å²) in [5.41, 5.74) is 7.37. The number of aryl methyl sites for hydroxylation is 1. The summed E-state index contributed by atoms with van der Waals surface area (Å²) in [6, 6.07) is 30.1. The van der Waals surface area contributed by atoms with Crippen LogP contribution in [0, 0.1) is 6.92 Å². The van der Waals surface area contributed by atoms with Crippen LogP contribution in [0.2, 0.25) is 0 Å². The van der Waals surface area contributed by atoms with E-state index in [9.17, 15) is 13.2 Å². The molecule has 0 radical (unpaired) electrons. The number of amides is 1. The minimum Gasteiger partial charge on any atom is -0.280 e. The van der Waals surface area contributed by atoms with E-state index in [2.05, 4.69) is 31.2 Å². The summed E-state index contributed by atoms with van der Waals surface area (Å²) in [5.74, 6) is -0.440. The Morgan fingerprint density at radius 3 is 2.25 bits per heavy atom. The highest BCUT2D eigenvalue weighted by atomic mass is 79.9. The number of anilines is 1. The molecule has 0 aliphatic carbocycles. The van der Waals surface area contributed by atoms with E-state index in [-0.39, 0.29) is 4.90 Å². The molecule has 0 aliphatic heterocycles. The highest BCUT2D eigenvalue weighted by Crippen LogP contribution is 2.24. The topological polar surface area (TPSA) is 105 Å². The maximum atomic E-state index is 12.7. The molecule has 8 nitrogen and oxygen atoms in total. The Balaban J connectivity index is 1.30. The SMILES string of the molecule is Cc1ccc(S(=O)(=O)Nc2ccc(C(=O)NN=Cc3cn(-c4ccccc4)nc3-c3ccc(Br)cc3)cc2)cc1. The molecule has 0 atom stereocenters. The molecule has 200 valence electrons. The quantitative estimate of drug-likeness (QED) is 0.161. The zero-order valence-corrected chi connectivity index (χ0v) is 23.7. The number of benzene rings is 4. The van der Waals surface area contributed by atoms with E-state index in [1.165, 1.54) is 24.3 Å². The van der Waals surface area contributed by atoms with E-state index in [1.54, 1.807) is 35.2 Å². The van der Waals surface area contributed by atoms with Crippen molar-refractivity contribution in [1.82, 2.24) is 15.2 Å². The molecule has 0 aliphatic rings. The minimum atomic E-state index is -3.74. The fourth-order valence-electron chi connectivity index (χ4n) is 3.87. The fraction of sp³-hybridized carbons (Fsp3) is 0.0333. The molecular formula is C30H24BrN5O3S. The van der Waals surface area contributed by atoms with Crippen molar-refractivity contribution in [2.75, 3.05) is 4.72 Å². The Morgan fingerprint density at radius 2 is 1.57 bits per heavy atom. The average Bonchev–Trinajstić information content (AvgIpc) is 3.38. The maximum Gasteiger partial charge on any atom is 0.271 e. The Hall–Kier alpha value is -4.54. The lowest BCUT2D eigenvalue weighted by atomic mass is 10.1. The lowest BCUT2D eigenvalue weighted by molar-refractivity contribution is 0.0955. The number of carbonyl (C=O) groups excluding carboxylic acids is 1. The van der Waals surface area contributed by atoms with Crippen LogP contribution in [-0.2, 0) is 10.0 Å². The Bertz CT molecular complexity index is 1770. The predicted octanol–water partition coefficient (Wildman–Crippen LogP) is 6.17. The van der Waals surface area contributed by atoms with Gasteiger partial charge < -0.3 is 0 Å². The predicted molar refractivity (Wildman–Crippen MR) is 160 cm³/mol. The summed E-state index contributed by atoms with van der Waals surface area (Å²) in [4.78, 5) is 12.9. The van der Waals surface area contributed by atoms with Gasteiger partial charge in [-0.05, 0) is 67.6 Å². The third-order valence-corrected chi connectivity index (χ3v) is 7.91. The molecule has 0 fully saturated rings. The first-order chi connectivity index (χ1) is 19.3. The summed E-state index contributed by atoms with van der Waals surface area (Å²) >= 11 is 3.46. The first kappa shape index (κ1) is 27.0. The molecular weight excluding hydrogens is 590 g/mol. The standard InChI is InChI=1S/C30H24BrN5O3S/c1-21-7-17-28(18-8-21)40(38,39)35-26-15-11-23(12-16-26)30(37)33-32-19-24-20-36(27-5-3-2-4-6-27)34-29(24)22-9-13-25(31)14-10-22/h2-20,35H,1H3,(H,33,37). The highest BCUT2D eigenvalue weighted by Gasteiger charge is 2.15. The average molecular weight is 615 g/mol. The van der Waals surface area contributed by atoms with E-state index >= 15 is 0 Å². The van der Waals surface area contributed by atoms with Gasteiger partial charge in [0.1, 0.15) is 5.69 Å². The molecule has 1 amide bonds. The normalized spacial score (nSPS) is 11.4. The monoisotopic (exact) mass is 613 g/mol. The van der Waals surface area contributed by atoms with Gasteiger partial charge in [-0.1, -0.05) is 64.0 Å². The van der Waals surface area contributed by atoms with Crippen LogP contribution < -0.4 is 10.1 Å². The number of halogens is 1. The summed E-state index contributed by atoms with van der Waals surface area (Å²) in [6.07, 6.45) is 3.39. The van der Waals surface area contributed by atoms with Crippen LogP contribution in [0.3, 0.4) is 0 Å². The third kappa shape index (κ3) is 6.36. The van der Waals surface area contributed by atoms with Crippen molar-refractivity contribution in [2.45, 2.75) is 11.8 Å². The van der Waals surface area contributed by atoms with Crippen molar-refractivity contribution in [3.8, 4) is 16.9 Å². The first-order valence-electron chi connectivity index (χ1n) is 12.2. The molecule has 40 heavy (non-hydrogen) atoms. The lowest BCUT2D eigenvalue weighted by Crippen LogP contribution is -2.18. The van der Waals surface area contributed by atoms with Crippen molar-refractivity contribution in [1.29, 1.82) is 0 Å². The molecule has 0 spiro atoms. The molecule has 0 saturated carbocycles. The van der Waals surface area contributed by atoms with Gasteiger partial charge in [0.05, 0.1) is 16.8 Å². The van der Waals surface area contributed by atoms with Crippen LogP contribution >= 0.6 is 15.9 Å². The van der Waals surface area contributed by atoms with Crippen LogP contribution in [0.4, 0.5) is 5.69 Å². The minimum absolute atomic E-state index is 0.160. The van der Waals surface area contributed by atoms with Gasteiger partial charge in [-0.25, -0.2) is 18.5 Å². The molecule has 2 N–H and O–H groups in total. The van der Waals surface area contributed by atoms with Crippen molar-refractivity contribution in [3.63, 3.8) is 0 Å².